The number of hydrogen-bond donors (Lipinski definition) is 1. The van der Waals surface area contributed by atoms with Crippen LogP contribution in [0.4, 0.5) is 0 Å². The Bertz CT molecular complexity index is 1340. The van der Waals surface area contributed by atoms with Gasteiger partial charge in [-0.1, -0.05) is 36.4 Å². The van der Waals surface area contributed by atoms with E-state index in [-0.39, 0.29) is 5.56 Å². The Morgan fingerprint density at radius 2 is 1.84 bits per heavy atom. The molecule has 0 saturated carbocycles. The minimum atomic E-state index is -0.0179. The molecular weight excluding hydrogens is 442 g/mol. The summed E-state index contributed by atoms with van der Waals surface area (Å²) in [6.07, 6.45) is 5.73. The van der Waals surface area contributed by atoms with Crippen molar-refractivity contribution in [2.45, 2.75) is 13.2 Å². The lowest BCUT2D eigenvalue weighted by Gasteiger charge is -2.34. The van der Waals surface area contributed by atoms with Gasteiger partial charge in [-0.3, -0.25) is 24.1 Å². The Kier molecular flexibility index (Phi) is 6.08. The van der Waals surface area contributed by atoms with Gasteiger partial charge in [0.05, 0.1) is 12.4 Å². The van der Waals surface area contributed by atoms with E-state index in [4.69, 9.17) is 12.2 Å². The summed E-state index contributed by atoms with van der Waals surface area (Å²) in [5, 5.41) is 5.17. The molecule has 3 aromatic heterocycles. The van der Waals surface area contributed by atoms with E-state index >= 15 is 0 Å². The molecule has 1 aliphatic heterocycles. The van der Waals surface area contributed by atoms with Gasteiger partial charge >= 0.3 is 0 Å². The smallest absolute Gasteiger partial charge is 0.258 e. The summed E-state index contributed by atoms with van der Waals surface area (Å²) in [6, 6.07) is 11.8. The molecule has 4 aromatic rings. The van der Waals surface area contributed by atoms with Crippen LogP contribution in [0, 0.1) is 4.77 Å². The van der Waals surface area contributed by atoms with Gasteiger partial charge in [-0.15, -0.1) is 11.3 Å². The minimum Gasteiger partial charge on any atom is -0.295 e. The van der Waals surface area contributed by atoms with E-state index in [0.717, 1.165) is 48.2 Å². The van der Waals surface area contributed by atoms with E-state index in [1.54, 1.807) is 16.7 Å². The Hall–Kier alpha value is -2.92. The quantitative estimate of drug-likeness (QED) is 0.442. The number of thiazole rings is 1. The fourth-order valence-corrected chi connectivity index (χ4v) is 4.71. The molecule has 10 heteroatoms. The average Bonchev–Trinajstić information content (AvgIpc) is 3.41. The molecule has 0 radical (unpaired) electrons. The van der Waals surface area contributed by atoms with Crippen molar-refractivity contribution in [1.29, 1.82) is 0 Å². The molecule has 8 nitrogen and oxygen atoms in total. The Morgan fingerprint density at radius 1 is 1.06 bits per heavy atom. The van der Waals surface area contributed by atoms with E-state index in [0.29, 0.717) is 18.0 Å². The highest BCUT2D eigenvalue weighted by Gasteiger charge is 2.18. The molecule has 0 aliphatic carbocycles. The lowest BCUT2D eigenvalue weighted by molar-refractivity contribution is 0.0974. The van der Waals surface area contributed by atoms with Crippen LogP contribution < -0.4 is 5.56 Å². The monoisotopic (exact) mass is 465 g/mol. The highest BCUT2D eigenvalue weighted by atomic mass is 32.1. The topological polar surface area (TPSA) is 74.5 Å². The van der Waals surface area contributed by atoms with Gasteiger partial charge in [0, 0.05) is 50.4 Å². The number of H-pyrrole nitrogens is 1. The molecule has 1 fully saturated rings. The molecule has 0 unspecified atom stereocenters. The molecule has 0 spiro atoms. The lowest BCUT2D eigenvalue weighted by Crippen LogP contribution is -2.46. The SMILES string of the molecule is O=c1cc(CN2CCN(Cn3[nH]c(C=Cc4ccccc4)nc3=S)CC2)nc2sccn12. The third-order valence-electron chi connectivity index (χ3n) is 5.48. The molecule has 1 aromatic carbocycles. The van der Waals surface area contributed by atoms with Crippen LogP contribution in [0.2, 0.25) is 0 Å². The van der Waals surface area contributed by atoms with Crippen LogP contribution in [0.3, 0.4) is 0 Å². The third kappa shape index (κ3) is 4.78. The zero-order valence-corrected chi connectivity index (χ0v) is 19.1. The Labute approximate surface area is 194 Å². The lowest BCUT2D eigenvalue weighted by atomic mass is 10.2. The summed E-state index contributed by atoms with van der Waals surface area (Å²) in [5.74, 6) is 0.749. The Morgan fingerprint density at radius 3 is 2.66 bits per heavy atom. The normalized spacial score (nSPS) is 15.8. The molecule has 32 heavy (non-hydrogen) atoms. The zero-order chi connectivity index (χ0) is 21.9. The molecule has 4 heterocycles. The summed E-state index contributed by atoms with van der Waals surface area (Å²) >= 11 is 6.92. The van der Waals surface area contributed by atoms with E-state index in [1.807, 2.05) is 52.5 Å². The molecule has 1 saturated heterocycles. The first-order valence-corrected chi connectivity index (χ1v) is 11.7. The first kappa shape index (κ1) is 21.0. The maximum atomic E-state index is 12.2. The van der Waals surface area contributed by atoms with Crippen molar-refractivity contribution in [3.63, 3.8) is 0 Å². The zero-order valence-electron chi connectivity index (χ0n) is 17.4. The number of aromatic nitrogens is 5. The van der Waals surface area contributed by atoms with Crippen LogP contribution in [-0.2, 0) is 13.2 Å². The van der Waals surface area contributed by atoms with E-state index in [9.17, 15) is 4.79 Å². The number of benzene rings is 1. The van der Waals surface area contributed by atoms with Gasteiger partial charge in [-0.05, 0) is 23.9 Å². The van der Waals surface area contributed by atoms with Crippen molar-refractivity contribution >= 4 is 40.7 Å². The number of nitrogens with zero attached hydrogens (tertiary/aromatic N) is 6. The highest BCUT2D eigenvalue weighted by Crippen LogP contribution is 2.11. The molecule has 1 aliphatic rings. The van der Waals surface area contributed by atoms with Crippen LogP contribution in [0.1, 0.15) is 17.1 Å². The minimum absolute atomic E-state index is 0.0179. The second kappa shape index (κ2) is 9.29. The van der Waals surface area contributed by atoms with E-state index in [2.05, 4.69) is 24.9 Å². The number of nitrogens with one attached hydrogen (secondary N) is 1. The molecule has 0 bridgehead atoms. The number of rotatable bonds is 6. The van der Waals surface area contributed by atoms with E-state index in [1.165, 1.54) is 11.3 Å². The van der Waals surface area contributed by atoms with Gasteiger partial charge in [-0.2, -0.15) is 4.98 Å². The van der Waals surface area contributed by atoms with Gasteiger partial charge < -0.3 is 0 Å². The van der Waals surface area contributed by atoms with Crippen molar-refractivity contribution in [2.75, 3.05) is 26.2 Å². The highest BCUT2D eigenvalue weighted by molar-refractivity contribution is 7.71. The fourth-order valence-electron chi connectivity index (χ4n) is 3.77. The Balaban J connectivity index is 1.17. The standard InChI is InChI=1S/C22H23N7OS2/c30-20-14-18(23-22-28(20)12-13-32-22)15-26-8-10-27(11-9-26)16-29-21(31)24-19(25-29)7-6-17-4-2-1-3-5-17/h1-7,12-14H,8-11,15-16H2,(H,24,25,31). The number of aromatic amines is 1. The van der Waals surface area contributed by atoms with Crippen molar-refractivity contribution in [1.82, 2.24) is 33.9 Å². The maximum Gasteiger partial charge on any atom is 0.258 e. The van der Waals surface area contributed by atoms with Crippen molar-refractivity contribution in [3.8, 4) is 0 Å². The molecule has 0 atom stereocenters. The van der Waals surface area contributed by atoms with Crippen molar-refractivity contribution < 1.29 is 0 Å². The largest absolute Gasteiger partial charge is 0.295 e. The van der Waals surface area contributed by atoms with Crippen LogP contribution in [0.25, 0.3) is 17.1 Å². The van der Waals surface area contributed by atoms with Crippen LogP contribution in [-0.4, -0.2) is 60.1 Å². The van der Waals surface area contributed by atoms with Gasteiger partial charge in [-0.25, -0.2) is 9.67 Å². The fraction of sp³-hybridized carbons (Fsp3) is 0.273. The predicted molar refractivity (Wildman–Crippen MR) is 129 cm³/mol. The number of fused-ring (bicyclic) bond motifs is 1. The maximum absolute atomic E-state index is 12.2. The second-order valence-corrected chi connectivity index (χ2v) is 8.98. The third-order valence-corrected chi connectivity index (χ3v) is 6.55. The molecule has 5 rings (SSSR count). The van der Waals surface area contributed by atoms with Gasteiger partial charge in [0.2, 0.25) is 4.77 Å². The predicted octanol–water partition coefficient (Wildman–Crippen LogP) is 2.96. The van der Waals surface area contributed by atoms with Crippen LogP contribution in [0.5, 0.6) is 0 Å². The van der Waals surface area contributed by atoms with Crippen LogP contribution >= 0.6 is 23.6 Å². The second-order valence-electron chi connectivity index (χ2n) is 7.74. The summed E-state index contributed by atoms with van der Waals surface area (Å²) in [7, 11) is 0. The summed E-state index contributed by atoms with van der Waals surface area (Å²) < 4.78 is 4.04. The summed E-state index contributed by atoms with van der Waals surface area (Å²) in [4.78, 5) is 26.7. The number of hydrogen-bond acceptors (Lipinski definition) is 7. The van der Waals surface area contributed by atoms with Crippen molar-refractivity contribution in [2.24, 2.45) is 0 Å². The average molecular weight is 466 g/mol. The number of piperazine rings is 1. The first-order valence-electron chi connectivity index (χ1n) is 10.4. The van der Waals surface area contributed by atoms with Crippen LogP contribution in [0.15, 0.2) is 52.8 Å². The van der Waals surface area contributed by atoms with Crippen molar-refractivity contribution in [3.05, 3.63) is 80.2 Å². The first-order chi connectivity index (χ1) is 15.6. The summed E-state index contributed by atoms with van der Waals surface area (Å²) in [5.41, 5.74) is 1.93. The van der Waals surface area contributed by atoms with Gasteiger partial charge in [0.1, 0.15) is 5.82 Å². The molecule has 164 valence electrons. The van der Waals surface area contributed by atoms with E-state index < -0.39 is 0 Å². The molecular formula is C22H23N7OS2. The molecule has 1 N–H and O–H groups in total. The molecule has 0 amide bonds. The summed E-state index contributed by atoms with van der Waals surface area (Å²) in [6.45, 7) is 5.02. The van der Waals surface area contributed by atoms with Gasteiger partial charge in [0.25, 0.3) is 5.56 Å². The van der Waals surface area contributed by atoms with Gasteiger partial charge in [0.15, 0.2) is 4.96 Å².